The first-order valence-corrected chi connectivity index (χ1v) is 8.50. The molecular formula is C20H21N3O3. The highest BCUT2D eigenvalue weighted by molar-refractivity contribution is 5.88. The van der Waals surface area contributed by atoms with Gasteiger partial charge >= 0.3 is 6.09 Å². The summed E-state index contributed by atoms with van der Waals surface area (Å²) in [6.07, 6.45) is 4.04. The fourth-order valence-corrected chi connectivity index (χ4v) is 2.74. The number of benzene rings is 1. The summed E-state index contributed by atoms with van der Waals surface area (Å²) in [5.41, 5.74) is 3.59. The highest BCUT2D eigenvalue weighted by Gasteiger charge is 2.19. The van der Waals surface area contributed by atoms with E-state index in [0.717, 1.165) is 16.8 Å². The van der Waals surface area contributed by atoms with Crippen LogP contribution in [0.25, 0.3) is 5.57 Å². The van der Waals surface area contributed by atoms with Crippen LogP contribution in [0.5, 0.6) is 0 Å². The SMILES string of the molecule is CC(=O)Nc1ccc(C2=CCN(C(=O)OCc3ccccc3)CC2)nc1. The Morgan fingerprint density at radius 1 is 1.19 bits per heavy atom. The maximum atomic E-state index is 12.2. The Labute approximate surface area is 152 Å². The van der Waals surface area contributed by atoms with E-state index in [2.05, 4.69) is 10.3 Å². The van der Waals surface area contributed by atoms with E-state index in [-0.39, 0.29) is 18.6 Å². The molecule has 6 heteroatoms. The summed E-state index contributed by atoms with van der Waals surface area (Å²) in [7, 11) is 0. The molecular weight excluding hydrogens is 330 g/mol. The molecule has 0 saturated heterocycles. The molecule has 6 nitrogen and oxygen atoms in total. The number of rotatable bonds is 4. The molecule has 0 spiro atoms. The zero-order chi connectivity index (χ0) is 18.4. The van der Waals surface area contributed by atoms with Crippen molar-refractivity contribution in [2.75, 3.05) is 18.4 Å². The van der Waals surface area contributed by atoms with Gasteiger partial charge in [-0.1, -0.05) is 36.4 Å². The summed E-state index contributed by atoms with van der Waals surface area (Å²) in [6, 6.07) is 13.3. The number of ether oxygens (including phenoxy) is 1. The van der Waals surface area contributed by atoms with E-state index in [1.165, 1.54) is 6.92 Å². The molecule has 1 aliphatic heterocycles. The van der Waals surface area contributed by atoms with Gasteiger partial charge < -0.3 is 15.0 Å². The molecule has 2 heterocycles. The molecule has 2 aromatic rings. The van der Waals surface area contributed by atoms with E-state index in [9.17, 15) is 9.59 Å². The van der Waals surface area contributed by atoms with Crippen LogP contribution in [-0.2, 0) is 16.1 Å². The van der Waals surface area contributed by atoms with Crippen molar-refractivity contribution in [3.63, 3.8) is 0 Å². The first-order valence-electron chi connectivity index (χ1n) is 8.50. The average molecular weight is 351 g/mol. The topological polar surface area (TPSA) is 71.5 Å². The number of hydrogen-bond donors (Lipinski definition) is 1. The average Bonchev–Trinajstić information content (AvgIpc) is 2.67. The lowest BCUT2D eigenvalue weighted by Crippen LogP contribution is -2.35. The van der Waals surface area contributed by atoms with Gasteiger partial charge in [-0.3, -0.25) is 9.78 Å². The van der Waals surface area contributed by atoms with Gasteiger partial charge in [0.15, 0.2) is 0 Å². The lowest BCUT2D eigenvalue weighted by atomic mass is 10.0. The molecule has 0 saturated carbocycles. The molecule has 0 unspecified atom stereocenters. The van der Waals surface area contributed by atoms with Crippen LogP contribution in [0.4, 0.5) is 10.5 Å². The van der Waals surface area contributed by atoms with Crippen LogP contribution in [-0.4, -0.2) is 35.0 Å². The number of carbonyl (C=O) groups is 2. The molecule has 0 aliphatic carbocycles. The Bertz CT molecular complexity index is 801. The van der Waals surface area contributed by atoms with Gasteiger partial charge in [0.1, 0.15) is 6.61 Å². The van der Waals surface area contributed by atoms with E-state index in [1.54, 1.807) is 11.1 Å². The Balaban J connectivity index is 1.54. The minimum atomic E-state index is -0.307. The molecule has 0 bridgehead atoms. The Morgan fingerprint density at radius 2 is 2.00 bits per heavy atom. The third-order valence-electron chi connectivity index (χ3n) is 4.09. The predicted octanol–water partition coefficient (Wildman–Crippen LogP) is 3.47. The van der Waals surface area contributed by atoms with E-state index >= 15 is 0 Å². The summed E-state index contributed by atoms with van der Waals surface area (Å²) in [6.45, 7) is 2.83. The van der Waals surface area contributed by atoms with E-state index in [4.69, 9.17) is 4.74 Å². The molecule has 1 aliphatic rings. The molecule has 26 heavy (non-hydrogen) atoms. The number of nitrogens with zero attached hydrogens (tertiary/aromatic N) is 2. The van der Waals surface area contributed by atoms with Crippen molar-refractivity contribution in [1.82, 2.24) is 9.88 Å². The van der Waals surface area contributed by atoms with Crippen LogP contribution in [0.1, 0.15) is 24.6 Å². The van der Waals surface area contributed by atoms with Crippen molar-refractivity contribution in [3.05, 3.63) is 66.0 Å². The van der Waals surface area contributed by atoms with Crippen LogP contribution in [0.3, 0.4) is 0 Å². The van der Waals surface area contributed by atoms with Crippen molar-refractivity contribution in [2.24, 2.45) is 0 Å². The Morgan fingerprint density at radius 3 is 2.62 bits per heavy atom. The predicted molar refractivity (Wildman–Crippen MR) is 99.3 cm³/mol. The van der Waals surface area contributed by atoms with Crippen molar-refractivity contribution in [3.8, 4) is 0 Å². The number of nitrogens with one attached hydrogen (secondary N) is 1. The lowest BCUT2D eigenvalue weighted by molar-refractivity contribution is -0.114. The molecule has 3 rings (SSSR count). The van der Waals surface area contributed by atoms with Gasteiger partial charge in [0.2, 0.25) is 5.91 Å². The van der Waals surface area contributed by atoms with Gasteiger partial charge in [-0.05, 0) is 29.7 Å². The van der Waals surface area contributed by atoms with E-state index in [0.29, 0.717) is 25.2 Å². The number of carbonyl (C=O) groups excluding carboxylic acids is 2. The third-order valence-corrected chi connectivity index (χ3v) is 4.09. The summed E-state index contributed by atoms with van der Waals surface area (Å²) < 4.78 is 5.36. The molecule has 2 amide bonds. The largest absolute Gasteiger partial charge is 0.445 e. The maximum absolute atomic E-state index is 12.2. The van der Waals surface area contributed by atoms with Crippen LogP contribution < -0.4 is 5.32 Å². The number of aromatic nitrogens is 1. The van der Waals surface area contributed by atoms with Crippen LogP contribution >= 0.6 is 0 Å². The fraction of sp³-hybridized carbons (Fsp3) is 0.250. The molecule has 0 radical (unpaired) electrons. The fourth-order valence-electron chi connectivity index (χ4n) is 2.74. The third kappa shape index (κ3) is 4.69. The summed E-state index contributed by atoms with van der Waals surface area (Å²) in [4.78, 5) is 29.3. The van der Waals surface area contributed by atoms with Gasteiger partial charge in [-0.15, -0.1) is 0 Å². The monoisotopic (exact) mass is 351 g/mol. The number of amides is 2. The van der Waals surface area contributed by atoms with Gasteiger partial charge in [0.05, 0.1) is 17.6 Å². The van der Waals surface area contributed by atoms with Crippen molar-refractivity contribution in [2.45, 2.75) is 20.0 Å². The summed E-state index contributed by atoms with van der Waals surface area (Å²) >= 11 is 0. The maximum Gasteiger partial charge on any atom is 0.410 e. The molecule has 0 fully saturated rings. The van der Waals surface area contributed by atoms with E-state index in [1.807, 2.05) is 48.5 Å². The Hall–Kier alpha value is -3.15. The van der Waals surface area contributed by atoms with Gasteiger partial charge in [0.25, 0.3) is 0 Å². The first-order chi connectivity index (χ1) is 12.6. The number of pyridine rings is 1. The van der Waals surface area contributed by atoms with Crippen molar-refractivity contribution >= 4 is 23.3 Å². The first kappa shape index (κ1) is 17.7. The van der Waals surface area contributed by atoms with Crippen LogP contribution in [0.15, 0.2) is 54.7 Å². The van der Waals surface area contributed by atoms with Crippen LogP contribution in [0.2, 0.25) is 0 Å². The van der Waals surface area contributed by atoms with Gasteiger partial charge in [-0.25, -0.2) is 4.79 Å². The smallest absolute Gasteiger partial charge is 0.410 e. The number of hydrogen-bond acceptors (Lipinski definition) is 4. The zero-order valence-corrected chi connectivity index (χ0v) is 14.6. The highest BCUT2D eigenvalue weighted by Crippen LogP contribution is 2.22. The minimum Gasteiger partial charge on any atom is -0.445 e. The second-order valence-electron chi connectivity index (χ2n) is 6.08. The minimum absolute atomic E-state index is 0.124. The second kappa shape index (κ2) is 8.29. The van der Waals surface area contributed by atoms with E-state index < -0.39 is 0 Å². The normalized spacial score (nSPS) is 13.7. The van der Waals surface area contributed by atoms with Crippen molar-refractivity contribution < 1.29 is 14.3 Å². The zero-order valence-electron chi connectivity index (χ0n) is 14.6. The molecule has 0 atom stereocenters. The second-order valence-corrected chi connectivity index (χ2v) is 6.08. The molecule has 1 N–H and O–H groups in total. The quantitative estimate of drug-likeness (QED) is 0.916. The summed E-state index contributed by atoms with van der Waals surface area (Å²) in [5.74, 6) is -0.124. The van der Waals surface area contributed by atoms with Gasteiger partial charge in [0, 0.05) is 20.0 Å². The van der Waals surface area contributed by atoms with Crippen LogP contribution in [0, 0.1) is 0 Å². The standard InChI is InChI=1S/C20H21N3O3/c1-15(24)22-18-7-8-19(21-13-18)17-9-11-23(12-10-17)20(25)26-14-16-5-3-2-4-6-16/h2-9,13H,10-12,14H2,1H3,(H,22,24). The molecule has 1 aromatic carbocycles. The lowest BCUT2D eigenvalue weighted by Gasteiger charge is -2.25. The molecule has 134 valence electrons. The molecule has 1 aromatic heterocycles. The van der Waals surface area contributed by atoms with Gasteiger partial charge in [-0.2, -0.15) is 0 Å². The number of anilines is 1. The summed E-state index contributed by atoms with van der Waals surface area (Å²) in [5, 5.41) is 2.69. The highest BCUT2D eigenvalue weighted by atomic mass is 16.6. The van der Waals surface area contributed by atoms with Crippen molar-refractivity contribution in [1.29, 1.82) is 0 Å². The Kier molecular flexibility index (Phi) is 5.63.